The first-order chi connectivity index (χ1) is 8.42. The van der Waals surface area contributed by atoms with Gasteiger partial charge in [0.1, 0.15) is 5.60 Å². The highest BCUT2D eigenvalue weighted by molar-refractivity contribution is 5.93. The van der Waals surface area contributed by atoms with Crippen molar-refractivity contribution in [2.75, 3.05) is 0 Å². The number of ketones is 1. The quantitative estimate of drug-likeness (QED) is 0.679. The lowest BCUT2D eigenvalue weighted by Crippen LogP contribution is -2.45. The van der Waals surface area contributed by atoms with Crippen molar-refractivity contribution in [3.05, 3.63) is 11.8 Å². The first-order valence-corrected chi connectivity index (χ1v) is 5.63. The summed E-state index contributed by atoms with van der Waals surface area (Å²) < 4.78 is 43.2. The summed E-state index contributed by atoms with van der Waals surface area (Å²) in [5, 5.41) is 11.5. The minimum absolute atomic E-state index is 0.539. The highest BCUT2D eigenvalue weighted by Crippen LogP contribution is 2.40. The summed E-state index contributed by atoms with van der Waals surface area (Å²) in [6, 6.07) is 0. The molecule has 19 heavy (non-hydrogen) atoms. The van der Waals surface area contributed by atoms with Crippen molar-refractivity contribution in [1.82, 2.24) is 0 Å². The lowest BCUT2D eigenvalue weighted by atomic mass is 9.81. The number of allylic oxidation sites excluding steroid dienone is 1. The number of ether oxygens (including phenoxy) is 1. The molecule has 1 aliphatic rings. The molecule has 4 nitrogen and oxygen atoms in total. The largest absolute Gasteiger partial charge is 0.875 e. The second-order valence-electron chi connectivity index (χ2n) is 5.38. The Hall–Kier alpha value is -1.53. The molecule has 0 aliphatic heterocycles. The molecular formula is C12H14F3O4-. The number of hydrogen-bond donors (Lipinski definition) is 0. The zero-order valence-corrected chi connectivity index (χ0v) is 10.7. The Morgan fingerprint density at radius 3 is 2.32 bits per heavy atom. The third kappa shape index (κ3) is 3.97. The number of hydrogen-bond acceptors (Lipinski definition) is 4. The summed E-state index contributed by atoms with van der Waals surface area (Å²) in [4.78, 5) is 22.8. The van der Waals surface area contributed by atoms with Gasteiger partial charge in [-0.05, 0) is 26.8 Å². The van der Waals surface area contributed by atoms with E-state index in [1.165, 1.54) is 20.8 Å². The normalized spacial score (nSPS) is 24.9. The molecule has 0 aromatic carbocycles. The maximum absolute atomic E-state index is 12.8. The predicted molar refractivity (Wildman–Crippen MR) is 56.6 cm³/mol. The SMILES string of the molecule is CC(C)(C)OC(=O)C1C([O-])=CC(=O)CC1C(F)(F)F. The van der Waals surface area contributed by atoms with Gasteiger partial charge >= 0.3 is 12.1 Å². The third-order valence-corrected chi connectivity index (χ3v) is 2.51. The van der Waals surface area contributed by atoms with E-state index in [4.69, 9.17) is 4.74 Å². The number of rotatable bonds is 1. The minimum Gasteiger partial charge on any atom is -0.875 e. The van der Waals surface area contributed by atoms with Crippen LogP contribution in [0.5, 0.6) is 0 Å². The van der Waals surface area contributed by atoms with E-state index in [1.807, 2.05) is 0 Å². The van der Waals surface area contributed by atoms with Crippen molar-refractivity contribution >= 4 is 11.8 Å². The van der Waals surface area contributed by atoms with Crippen molar-refractivity contribution in [2.45, 2.75) is 39.0 Å². The molecule has 0 N–H and O–H groups in total. The Kier molecular flexibility index (Phi) is 3.97. The summed E-state index contributed by atoms with van der Waals surface area (Å²) in [5.74, 6) is -7.62. The van der Waals surface area contributed by atoms with Crippen molar-refractivity contribution in [3.8, 4) is 0 Å². The molecule has 0 spiro atoms. The lowest BCUT2D eigenvalue weighted by Gasteiger charge is -2.36. The van der Waals surface area contributed by atoms with Crippen LogP contribution in [0.15, 0.2) is 11.8 Å². The molecule has 1 aliphatic carbocycles. The van der Waals surface area contributed by atoms with Crippen LogP contribution in [0.3, 0.4) is 0 Å². The Morgan fingerprint density at radius 2 is 1.89 bits per heavy atom. The highest BCUT2D eigenvalue weighted by Gasteiger charge is 2.50. The van der Waals surface area contributed by atoms with E-state index in [0.717, 1.165) is 0 Å². The molecule has 0 heterocycles. The fraction of sp³-hybridized carbons (Fsp3) is 0.667. The van der Waals surface area contributed by atoms with Crippen molar-refractivity contribution in [2.24, 2.45) is 11.8 Å². The molecule has 108 valence electrons. The van der Waals surface area contributed by atoms with Gasteiger partial charge in [-0.15, -0.1) is 5.76 Å². The van der Waals surface area contributed by atoms with Gasteiger partial charge in [-0.1, -0.05) is 0 Å². The average Bonchev–Trinajstić information content (AvgIpc) is 2.11. The van der Waals surface area contributed by atoms with Crippen LogP contribution >= 0.6 is 0 Å². The molecule has 7 heteroatoms. The highest BCUT2D eigenvalue weighted by atomic mass is 19.4. The van der Waals surface area contributed by atoms with Crippen molar-refractivity contribution in [3.63, 3.8) is 0 Å². The van der Waals surface area contributed by atoms with E-state index in [0.29, 0.717) is 6.08 Å². The Morgan fingerprint density at radius 1 is 1.37 bits per heavy atom. The van der Waals surface area contributed by atoms with E-state index < -0.39 is 47.5 Å². The zero-order valence-electron chi connectivity index (χ0n) is 10.7. The number of esters is 1. The second kappa shape index (κ2) is 4.86. The van der Waals surface area contributed by atoms with Gasteiger partial charge in [0.05, 0.1) is 11.8 Å². The smallest absolute Gasteiger partial charge is 0.393 e. The Labute approximate surface area is 108 Å². The van der Waals surface area contributed by atoms with E-state index >= 15 is 0 Å². The summed E-state index contributed by atoms with van der Waals surface area (Å²) in [5.41, 5.74) is -1.00. The average molecular weight is 279 g/mol. The Bertz CT molecular complexity index is 418. The van der Waals surface area contributed by atoms with Crippen LogP contribution in [0, 0.1) is 11.8 Å². The van der Waals surface area contributed by atoms with E-state index in [-0.39, 0.29) is 0 Å². The topological polar surface area (TPSA) is 66.4 Å². The fourth-order valence-corrected chi connectivity index (χ4v) is 1.79. The maximum Gasteiger partial charge on any atom is 0.393 e. The first-order valence-electron chi connectivity index (χ1n) is 5.63. The maximum atomic E-state index is 12.8. The van der Waals surface area contributed by atoms with Gasteiger partial charge in [0.15, 0.2) is 5.78 Å². The van der Waals surface area contributed by atoms with Crippen LogP contribution < -0.4 is 5.11 Å². The summed E-state index contributed by atoms with van der Waals surface area (Å²) in [6.45, 7) is 4.45. The van der Waals surface area contributed by atoms with Crippen LogP contribution in [0.1, 0.15) is 27.2 Å². The van der Waals surface area contributed by atoms with Gasteiger partial charge in [-0.2, -0.15) is 13.2 Å². The number of halogens is 3. The molecule has 0 radical (unpaired) electrons. The zero-order chi connectivity index (χ0) is 15.0. The molecule has 1 rings (SSSR count). The molecule has 0 saturated carbocycles. The Balaban J connectivity index is 3.08. The van der Waals surface area contributed by atoms with E-state index in [2.05, 4.69) is 0 Å². The van der Waals surface area contributed by atoms with Crippen molar-refractivity contribution < 1.29 is 32.6 Å². The number of carbonyl (C=O) groups is 2. The van der Waals surface area contributed by atoms with Gasteiger partial charge in [0, 0.05) is 6.42 Å². The standard InChI is InChI=1S/C12H15F3O4/c1-11(2,3)19-10(18)9-7(12(13,14)15)4-6(16)5-8(9)17/h5,7,9,17H,4H2,1-3H3/p-1. The van der Waals surface area contributed by atoms with E-state index in [1.54, 1.807) is 0 Å². The molecule has 0 amide bonds. The van der Waals surface area contributed by atoms with Gasteiger partial charge in [0.25, 0.3) is 0 Å². The molecule has 0 aromatic rings. The van der Waals surface area contributed by atoms with Gasteiger partial charge in [0.2, 0.25) is 0 Å². The first kappa shape index (κ1) is 15.5. The second-order valence-corrected chi connectivity index (χ2v) is 5.38. The van der Waals surface area contributed by atoms with Gasteiger partial charge in [-0.3, -0.25) is 9.59 Å². The van der Waals surface area contributed by atoms with Crippen molar-refractivity contribution in [1.29, 1.82) is 0 Å². The number of alkyl halides is 3. The third-order valence-electron chi connectivity index (χ3n) is 2.51. The van der Waals surface area contributed by atoms with Crippen LogP contribution in [0.2, 0.25) is 0 Å². The van der Waals surface area contributed by atoms with Crippen LogP contribution in [-0.2, 0) is 14.3 Å². The summed E-state index contributed by atoms with van der Waals surface area (Å²) in [7, 11) is 0. The van der Waals surface area contributed by atoms with Gasteiger partial charge in [-0.25, -0.2) is 0 Å². The molecule has 0 bridgehead atoms. The molecule has 0 aromatic heterocycles. The molecule has 0 fully saturated rings. The monoisotopic (exact) mass is 279 g/mol. The van der Waals surface area contributed by atoms with Crippen LogP contribution in [0.4, 0.5) is 13.2 Å². The lowest BCUT2D eigenvalue weighted by molar-refractivity contribution is -0.325. The molecular weight excluding hydrogens is 265 g/mol. The molecule has 2 atom stereocenters. The molecule has 2 unspecified atom stereocenters. The van der Waals surface area contributed by atoms with Crippen LogP contribution in [0.25, 0.3) is 0 Å². The summed E-state index contributed by atoms with van der Waals surface area (Å²) >= 11 is 0. The van der Waals surface area contributed by atoms with E-state index in [9.17, 15) is 27.9 Å². The van der Waals surface area contributed by atoms with Gasteiger partial charge < -0.3 is 9.84 Å². The van der Waals surface area contributed by atoms with Crippen LogP contribution in [-0.4, -0.2) is 23.5 Å². The summed E-state index contributed by atoms with van der Waals surface area (Å²) in [6.07, 6.45) is -5.17. The minimum atomic E-state index is -4.80. The predicted octanol–water partition coefficient (Wildman–Crippen LogP) is 1.34. The fourth-order valence-electron chi connectivity index (χ4n) is 1.79. The molecule has 0 saturated heterocycles. The number of carbonyl (C=O) groups excluding carboxylic acids is 2.